The number of amides is 2. The van der Waals surface area contributed by atoms with Crippen molar-refractivity contribution in [1.29, 1.82) is 0 Å². The second kappa shape index (κ2) is 7.89. The zero-order valence-electron chi connectivity index (χ0n) is 13.6. The first kappa shape index (κ1) is 17.8. The number of likely N-dealkylation sites (tertiary alicyclic amines) is 1. The van der Waals surface area contributed by atoms with Crippen LogP contribution in [0.3, 0.4) is 0 Å². The fourth-order valence-corrected chi connectivity index (χ4v) is 3.40. The standard InChI is InChI=1S/C19H18Cl2N2O2/c20-15-10-16(21)12-17(11-15)22-18(24)13-4-6-14(7-5-13)19(25)23-8-2-1-3-9-23/h4-7,10-12H,1-3,8-9H2,(H,22,24). The van der Waals surface area contributed by atoms with E-state index >= 15 is 0 Å². The number of carbonyl (C=O) groups excluding carboxylic acids is 2. The second-order valence-corrected chi connectivity index (χ2v) is 6.92. The third-order valence-corrected chi connectivity index (χ3v) is 4.59. The topological polar surface area (TPSA) is 49.4 Å². The minimum atomic E-state index is -0.282. The van der Waals surface area contributed by atoms with Crippen molar-refractivity contribution in [3.05, 3.63) is 63.6 Å². The fraction of sp³-hybridized carbons (Fsp3) is 0.263. The average Bonchev–Trinajstić information content (AvgIpc) is 2.61. The predicted molar refractivity (Wildman–Crippen MR) is 101 cm³/mol. The molecule has 0 unspecified atom stereocenters. The van der Waals surface area contributed by atoms with E-state index in [1.54, 1.807) is 42.5 Å². The molecule has 1 aliphatic heterocycles. The molecule has 1 heterocycles. The van der Waals surface area contributed by atoms with Crippen LogP contribution in [-0.4, -0.2) is 29.8 Å². The van der Waals surface area contributed by atoms with E-state index in [4.69, 9.17) is 23.2 Å². The highest BCUT2D eigenvalue weighted by molar-refractivity contribution is 6.35. The van der Waals surface area contributed by atoms with E-state index in [2.05, 4.69) is 5.32 Å². The molecule has 0 saturated carbocycles. The minimum absolute atomic E-state index is 0.0216. The Morgan fingerprint density at radius 1 is 0.840 bits per heavy atom. The lowest BCUT2D eigenvalue weighted by Gasteiger charge is -2.26. The maximum Gasteiger partial charge on any atom is 0.255 e. The van der Waals surface area contributed by atoms with Crippen LogP contribution in [0.25, 0.3) is 0 Å². The highest BCUT2D eigenvalue weighted by Crippen LogP contribution is 2.23. The molecule has 0 atom stereocenters. The Morgan fingerprint density at radius 2 is 1.40 bits per heavy atom. The van der Waals surface area contributed by atoms with Gasteiger partial charge < -0.3 is 10.2 Å². The average molecular weight is 377 g/mol. The van der Waals surface area contributed by atoms with E-state index in [0.717, 1.165) is 25.9 Å². The van der Waals surface area contributed by atoms with E-state index in [-0.39, 0.29) is 11.8 Å². The molecule has 0 bridgehead atoms. The summed E-state index contributed by atoms with van der Waals surface area (Å²) in [4.78, 5) is 26.6. The van der Waals surface area contributed by atoms with Crippen molar-refractivity contribution in [2.75, 3.05) is 18.4 Å². The van der Waals surface area contributed by atoms with Crippen molar-refractivity contribution < 1.29 is 9.59 Å². The molecule has 0 radical (unpaired) electrons. The SMILES string of the molecule is O=C(Nc1cc(Cl)cc(Cl)c1)c1ccc(C(=O)N2CCCCC2)cc1. The van der Waals surface area contributed by atoms with Gasteiger partial charge in [-0.25, -0.2) is 0 Å². The van der Waals surface area contributed by atoms with Crippen LogP contribution in [0.1, 0.15) is 40.0 Å². The third-order valence-electron chi connectivity index (χ3n) is 4.16. The molecule has 1 N–H and O–H groups in total. The van der Waals surface area contributed by atoms with Crippen molar-refractivity contribution in [2.45, 2.75) is 19.3 Å². The maximum absolute atomic E-state index is 12.4. The molecule has 2 amide bonds. The van der Waals surface area contributed by atoms with E-state index in [1.807, 2.05) is 4.90 Å². The van der Waals surface area contributed by atoms with Gasteiger partial charge in [-0.15, -0.1) is 0 Å². The van der Waals surface area contributed by atoms with Gasteiger partial charge in [0.25, 0.3) is 11.8 Å². The number of rotatable bonds is 3. The summed E-state index contributed by atoms with van der Waals surface area (Å²) in [6.45, 7) is 1.60. The first-order valence-electron chi connectivity index (χ1n) is 8.20. The number of hydrogen-bond donors (Lipinski definition) is 1. The normalized spacial score (nSPS) is 14.2. The van der Waals surface area contributed by atoms with Crippen LogP contribution in [-0.2, 0) is 0 Å². The summed E-state index contributed by atoms with van der Waals surface area (Å²) < 4.78 is 0. The molecule has 4 nitrogen and oxygen atoms in total. The van der Waals surface area contributed by atoms with Crippen molar-refractivity contribution in [2.24, 2.45) is 0 Å². The zero-order chi connectivity index (χ0) is 17.8. The highest BCUT2D eigenvalue weighted by Gasteiger charge is 2.18. The summed E-state index contributed by atoms with van der Waals surface area (Å²) in [6, 6.07) is 11.5. The second-order valence-electron chi connectivity index (χ2n) is 6.04. The summed E-state index contributed by atoms with van der Waals surface area (Å²) in [5, 5.41) is 3.65. The lowest BCUT2D eigenvalue weighted by atomic mass is 10.1. The van der Waals surface area contributed by atoms with Crippen LogP contribution >= 0.6 is 23.2 Å². The van der Waals surface area contributed by atoms with E-state index < -0.39 is 0 Å². The van der Waals surface area contributed by atoms with Gasteiger partial charge in [0.2, 0.25) is 0 Å². The van der Waals surface area contributed by atoms with Gasteiger partial charge in [0.05, 0.1) is 0 Å². The summed E-state index contributed by atoms with van der Waals surface area (Å²) in [5.74, 6) is -0.261. The quantitative estimate of drug-likeness (QED) is 0.830. The van der Waals surface area contributed by atoms with E-state index in [1.165, 1.54) is 6.42 Å². The van der Waals surface area contributed by atoms with Crippen molar-refractivity contribution in [1.82, 2.24) is 4.90 Å². The number of benzene rings is 2. The minimum Gasteiger partial charge on any atom is -0.339 e. The van der Waals surface area contributed by atoms with Crippen LogP contribution in [0.5, 0.6) is 0 Å². The largest absolute Gasteiger partial charge is 0.339 e. The lowest BCUT2D eigenvalue weighted by Crippen LogP contribution is -2.35. The summed E-state index contributed by atoms with van der Waals surface area (Å²) in [6.07, 6.45) is 3.28. The number of piperidine rings is 1. The molecule has 130 valence electrons. The van der Waals surface area contributed by atoms with Gasteiger partial charge in [0.1, 0.15) is 0 Å². The number of nitrogens with one attached hydrogen (secondary N) is 1. The number of nitrogens with zero attached hydrogens (tertiary/aromatic N) is 1. The molecule has 1 aliphatic rings. The molecule has 3 rings (SSSR count). The fourth-order valence-electron chi connectivity index (χ4n) is 2.87. The van der Waals surface area contributed by atoms with Crippen LogP contribution in [0.2, 0.25) is 10.0 Å². The van der Waals surface area contributed by atoms with Crippen LogP contribution in [0.4, 0.5) is 5.69 Å². The third kappa shape index (κ3) is 4.53. The maximum atomic E-state index is 12.4. The zero-order valence-corrected chi connectivity index (χ0v) is 15.1. The molecule has 1 saturated heterocycles. The number of hydrogen-bond acceptors (Lipinski definition) is 2. The number of anilines is 1. The molecule has 2 aromatic rings. The monoisotopic (exact) mass is 376 g/mol. The van der Waals surface area contributed by atoms with Gasteiger partial charge in [-0.2, -0.15) is 0 Å². The predicted octanol–water partition coefficient (Wildman–Crippen LogP) is 4.87. The first-order valence-corrected chi connectivity index (χ1v) is 8.95. The van der Waals surface area contributed by atoms with Crippen LogP contribution < -0.4 is 5.32 Å². The molecule has 0 aliphatic carbocycles. The Balaban J connectivity index is 1.68. The first-order chi connectivity index (χ1) is 12.0. The van der Waals surface area contributed by atoms with Crippen molar-refractivity contribution in [3.8, 4) is 0 Å². The summed E-state index contributed by atoms with van der Waals surface area (Å²) in [7, 11) is 0. The Morgan fingerprint density at radius 3 is 2.00 bits per heavy atom. The highest BCUT2D eigenvalue weighted by atomic mass is 35.5. The van der Waals surface area contributed by atoms with Crippen LogP contribution in [0, 0.1) is 0 Å². The van der Waals surface area contributed by atoms with Gasteiger partial charge in [0, 0.05) is 39.9 Å². The number of halogens is 2. The van der Waals surface area contributed by atoms with E-state index in [0.29, 0.717) is 26.9 Å². The molecule has 1 fully saturated rings. The molecule has 0 aromatic heterocycles. The Labute approximate surface area is 156 Å². The Hall–Kier alpha value is -2.04. The molecule has 2 aromatic carbocycles. The Bertz CT molecular complexity index is 764. The molecule has 6 heteroatoms. The van der Waals surface area contributed by atoms with Gasteiger partial charge in [-0.1, -0.05) is 23.2 Å². The summed E-state index contributed by atoms with van der Waals surface area (Å²) >= 11 is 11.9. The smallest absolute Gasteiger partial charge is 0.255 e. The number of carbonyl (C=O) groups is 2. The van der Waals surface area contributed by atoms with Gasteiger partial charge >= 0.3 is 0 Å². The van der Waals surface area contributed by atoms with Gasteiger partial charge in [-0.3, -0.25) is 9.59 Å². The molecular weight excluding hydrogens is 359 g/mol. The molecule has 0 spiro atoms. The molecule has 25 heavy (non-hydrogen) atoms. The summed E-state index contributed by atoms with van der Waals surface area (Å²) in [5.41, 5.74) is 1.59. The van der Waals surface area contributed by atoms with Crippen molar-refractivity contribution >= 4 is 40.7 Å². The van der Waals surface area contributed by atoms with Crippen molar-refractivity contribution in [3.63, 3.8) is 0 Å². The van der Waals surface area contributed by atoms with Crippen LogP contribution in [0.15, 0.2) is 42.5 Å². The Kier molecular flexibility index (Phi) is 5.61. The lowest BCUT2D eigenvalue weighted by molar-refractivity contribution is 0.0724. The van der Waals surface area contributed by atoms with Gasteiger partial charge in [-0.05, 0) is 61.7 Å². The molecular formula is C19H18Cl2N2O2. The van der Waals surface area contributed by atoms with Gasteiger partial charge in [0.15, 0.2) is 0 Å². The van der Waals surface area contributed by atoms with E-state index in [9.17, 15) is 9.59 Å².